The topological polar surface area (TPSA) is 83.8 Å². The van der Waals surface area contributed by atoms with Crippen molar-refractivity contribution in [2.24, 2.45) is 0 Å². The lowest BCUT2D eigenvalue weighted by molar-refractivity contribution is -0.122. The van der Waals surface area contributed by atoms with Gasteiger partial charge in [0.15, 0.2) is 0 Å². The van der Waals surface area contributed by atoms with Crippen LogP contribution in [-0.2, 0) is 4.79 Å². The number of carbonyl (C=O) groups is 2. The number of benzene rings is 1. The summed E-state index contributed by atoms with van der Waals surface area (Å²) in [5, 5.41) is 5.71. The Labute approximate surface area is 171 Å². The maximum Gasteiger partial charge on any atom is 0.255 e. The number of amides is 2. The van der Waals surface area contributed by atoms with E-state index in [1.54, 1.807) is 20.1 Å². The highest BCUT2D eigenvalue weighted by Crippen LogP contribution is 2.25. The standard InChI is InChI=1S/C22H29N3O4/c1-16(24-22(27)18-10-13-29-15-18)21(26)23-14-20(25-11-4-3-5-12-25)17-6-8-19(28-2)9-7-17/h6-10,13,15-16,20H,3-5,11-12,14H2,1-2H3,(H,23,26)(H,24,27)/t16-,20-/m0/s1. The summed E-state index contributed by atoms with van der Waals surface area (Å²) in [5.74, 6) is 0.271. The van der Waals surface area contributed by atoms with Crippen molar-refractivity contribution >= 4 is 11.8 Å². The first-order chi connectivity index (χ1) is 14.1. The molecule has 1 aliphatic heterocycles. The van der Waals surface area contributed by atoms with Crippen molar-refractivity contribution in [1.82, 2.24) is 15.5 Å². The Morgan fingerprint density at radius 1 is 1.14 bits per heavy atom. The van der Waals surface area contributed by atoms with Gasteiger partial charge in [-0.15, -0.1) is 0 Å². The van der Waals surface area contributed by atoms with Crippen LogP contribution in [0.15, 0.2) is 47.3 Å². The molecular weight excluding hydrogens is 370 g/mol. The average Bonchev–Trinajstić information content (AvgIpc) is 3.30. The molecule has 0 bridgehead atoms. The van der Waals surface area contributed by atoms with Crippen LogP contribution in [0.25, 0.3) is 0 Å². The van der Waals surface area contributed by atoms with Gasteiger partial charge in [0.05, 0.1) is 25.0 Å². The first-order valence-electron chi connectivity index (χ1n) is 10.1. The lowest BCUT2D eigenvalue weighted by Gasteiger charge is -2.35. The first-order valence-corrected chi connectivity index (χ1v) is 10.1. The number of piperidine rings is 1. The average molecular weight is 399 g/mol. The van der Waals surface area contributed by atoms with E-state index < -0.39 is 6.04 Å². The highest BCUT2D eigenvalue weighted by molar-refractivity contribution is 5.97. The Morgan fingerprint density at radius 3 is 2.48 bits per heavy atom. The number of nitrogens with zero attached hydrogens (tertiary/aromatic N) is 1. The van der Waals surface area contributed by atoms with E-state index in [1.165, 1.54) is 18.9 Å². The summed E-state index contributed by atoms with van der Waals surface area (Å²) >= 11 is 0. The first kappa shape index (κ1) is 20.9. The molecule has 7 nitrogen and oxygen atoms in total. The minimum Gasteiger partial charge on any atom is -0.497 e. The molecule has 29 heavy (non-hydrogen) atoms. The zero-order valence-electron chi connectivity index (χ0n) is 17.0. The quantitative estimate of drug-likeness (QED) is 0.713. The molecule has 0 saturated carbocycles. The summed E-state index contributed by atoms with van der Waals surface area (Å²) in [6.07, 6.45) is 6.36. The molecule has 0 aliphatic carbocycles. The van der Waals surface area contributed by atoms with Gasteiger partial charge in [-0.2, -0.15) is 0 Å². The largest absolute Gasteiger partial charge is 0.497 e. The van der Waals surface area contributed by atoms with E-state index in [0.29, 0.717) is 12.1 Å². The van der Waals surface area contributed by atoms with Crippen molar-refractivity contribution in [3.8, 4) is 5.75 Å². The minimum absolute atomic E-state index is 0.0851. The Balaban J connectivity index is 1.62. The zero-order valence-corrected chi connectivity index (χ0v) is 17.0. The van der Waals surface area contributed by atoms with Crippen molar-refractivity contribution in [2.45, 2.75) is 38.3 Å². The van der Waals surface area contributed by atoms with Gasteiger partial charge in [0.25, 0.3) is 5.91 Å². The molecule has 1 aromatic heterocycles. The van der Waals surface area contributed by atoms with Crippen molar-refractivity contribution in [3.05, 3.63) is 54.0 Å². The number of furan rings is 1. The molecule has 156 valence electrons. The van der Waals surface area contributed by atoms with Crippen molar-refractivity contribution in [2.75, 3.05) is 26.7 Å². The Morgan fingerprint density at radius 2 is 1.86 bits per heavy atom. The molecule has 2 atom stereocenters. The fourth-order valence-electron chi connectivity index (χ4n) is 3.60. The van der Waals surface area contributed by atoms with Crippen LogP contribution in [0.3, 0.4) is 0 Å². The lowest BCUT2D eigenvalue weighted by atomic mass is 10.0. The second-order valence-corrected chi connectivity index (χ2v) is 7.34. The molecule has 0 unspecified atom stereocenters. The van der Waals surface area contributed by atoms with Gasteiger partial charge in [0.1, 0.15) is 18.1 Å². The predicted octanol–water partition coefficient (Wildman–Crippen LogP) is 2.75. The Kier molecular flexibility index (Phi) is 7.30. The lowest BCUT2D eigenvalue weighted by Crippen LogP contribution is -2.47. The molecule has 0 radical (unpaired) electrons. The molecule has 2 amide bonds. The fourth-order valence-corrected chi connectivity index (χ4v) is 3.60. The zero-order chi connectivity index (χ0) is 20.6. The highest BCUT2D eigenvalue weighted by atomic mass is 16.5. The second-order valence-electron chi connectivity index (χ2n) is 7.34. The predicted molar refractivity (Wildman–Crippen MR) is 110 cm³/mol. The normalized spacial score (nSPS) is 16.6. The van der Waals surface area contributed by atoms with Crippen LogP contribution >= 0.6 is 0 Å². The van der Waals surface area contributed by atoms with E-state index in [1.807, 2.05) is 24.3 Å². The maximum absolute atomic E-state index is 12.6. The van der Waals surface area contributed by atoms with Crippen LogP contribution in [0.1, 0.15) is 48.1 Å². The van der Waals surface area contributed by atoms with E-state index in [9.17, 15) is 9.59 Å². The third kappa shape index (κ3) is 5.60. The molecule has 2 aromatic rings. The SMILES string of the molecule is COc1ccc([C@H](CNC(=O)[C@H](C)NC(=O)c2ccoc2)N2CCCCC2)cc1. The van der Waals surface area contributed by atoms with Crippen molar-refractivity contribution < 1.29 is 18.7 Å². The van der Waals surface area contributed by atoms with E-state index in [0.717, 1.165) is 37.2 Å². The van der Waals surface area contributed by atoms with Gasteiger partial charge in [-0.25, -0.2) is 0 Å². The summed E-state index contributed by atoms with van der Waals surface area (Å²) < 4.78 is 10.2. The molecule has 0 spiro atoms. The van der Waals surface area contributed by atoms with Gasteiger partial charge >= 0.3 is 0 Å². The van der Waals surface area contributed by atoms with E-state index in [2.05, 4.69) is 15.5 Å². The van der Waals surface area contributed by atoms with E-state index in [4.69, 9.17) is 9.15 Å². The van der Waals surface area contributed by atoms with Gasteiger partial charge < -0.3 is 19.8 Å². The summed E-state index contributed by atoms with van der Waals surface area (Å²) in [6.45, 7) is 4.19. The molecular formula is C22H29N3O4. The summed E-state index contributed by atoms with van der Waals surface area (Å²) in [5.41, 5.74) is 1.54. The number of hydrogen-bond donors (Lipinski definition) is 2. The number of nitrogens with one attached hydrogen (secondary N) is 2. The molecule has 1 saturated heterocycles. The van der Waals surface area contributed by atoms with Gasteiger partial charge in [0.2, 0.25) is 5.91 Å². The molecule has 1 aromatic carbocycles. The van der Waals surface area contributed by atoms with Crippen LogP contribution in [0.2, 0.25) is 0 Å². The van der Waals surface area contributed by atoms with Crippen LogP contribution in [0.4, 0.5) is 0 Å². The van der Waals surface area contributed by atoms with Crippen LogP contribution in [0.5, 0.6) is 5.75 Å². The van der Waals surface area contributed by atoms with Crippen LogP contribution in [0, 0.1) is 0 Å². The Hall–Kier alpha value is -2.80. The number of ether oxygens (including phenoxy) is 1. The monoisotopic (exact) mass is 399 g/mol. The number of likely N-dealkylation sites (tertiary alicyclic amines) is 1. The third-order valence-electron chi connectivity index (χ3n) is 5.33. The summed E-state index contributed by atoms with van der Waals surface area (Å²) in [4.78, 5) is 27.1. The van der Waals surface area contributed by atoms with Gasteiger partial charge in [-0.3, -0.25) is 14.5 Å². The second kappa shape index (κ2) is 10.1. The maximum atomic E-state index is 12.6. The fraction of sp³-hybridized carbons (Fsp3) is 0.455. The van der Waals surface area contributed by atoms with Gasteiger partial charge in [-0.05, 0) is 56.6 Å². The number of methoxy groups -OCH3 is 1. The van der Waals surface area contributed by atoms with Gasteiger partial charge in [-0.1, -0.05) is 18.6 Å². The molecule has 3 rings (SSSR count). The van der Waals surface area contributed by atoms with Crippen LogP contribution in [-0.4, -0.2) is 49.5 Å². The smallest absolute Gasteiger partial charge is 0.255 e. The minimum atomic E-state index is -0.643. The van der Waals surface area contributed by atoms with Crippen molar-refractivity contribution in [3.63, 3.8) is 0 Å². The molecule has 1 aliphatic rings. The molecule has 1 fully saturated rings. The number of hydrogen-bond acceptors (Lipinski definition) is 5. The summed E-state index contributed by atoms with van der Waals surface area (Å²) in [7, 11) is 1.65. The number of carbonyl (C=O) groups excluding carboxylic acids is 2. The summed E-state index contributed by atoms with van der Waals surface area (Å²) in [6, 6.07) is 9.00. The molecule has 7 heteroatoms. The Bertz CT molecular complexity index is 783. The number of rotatable bonds is 8. The third-order valence-corrected chi connectivity index (χ3v) is 5.33. The highest BCUT2D eigenvalue weighted by Gasteiger charge is 2.24. The van der Waals surface area contributed by atoms with E-state index in [-0.39, 0.29) is 17.9 Å². The molecule has 2 heterocycles. The molecule has 2 N–H and O–H groups in total. The van der Waals surface area contributed by atoms with E-state index >= 15 is 0 Å². The van der Waals surface area contributed by atoms with Crippen molar-refractivity contribution in [1.29, 1.82) is 0 Å². The van der Waals surface area contributed by atoms with Gasteiger partial charge in [0, 0.05) is 6.54 Å². The van der Waals surface area contributed by atoms with Crippen LogP contribution < -0.4 is 15.4 Å².